The average molecular weight is 452 g/mol. The Balaban J connectivity index is 0.000000318. The summed E-state index contributed by atoms with van der Waals surface area (Å²) in [5.41, 5.74) is 1.05. The van der Waals surface area contributed by atoms with Gasteiger partial charge in [0.1, 0.15) is 5.51 Å². The topological polar surface area (TPSA) is 116 Å². The number of aliphatic carboxylic acids is 2. The minimum absolute atomic E-state index is 0.131. The Bertz CT molecular complexity index is 744. The van der Waals surface area contributed by atoms with Crippen molar-refractivity contribution in [2.75, 3.05) is 44.3 Å². The van der Waals surface area contributed by atoms with E-state index in [1.54, 1.807) is 5.51 Å². The van der Waals surface area contributed by atoms with Gasteiger partial charge >= 0.3 is 18.1 Å². The van der Waals surface area contributed by atoms with Gasteiger partial charge in [-0.3, -0.25) is 9.69 Å². The number of ether oxygens (including phenoxy) is 1. The van der Waals surface area contributed by atoms with E-state index in [1.165, 1.54) is 11.3 Å². The Kier molecular flexibility index (Phi) is 6.82. The van der Waals surface area contributed by atoms with E-state index in [4.69, 9.17) is 14.6 Å². The summed E-state index contributed by atoms with van der Waals surface area (Å²) in [5.74, 6) is -3.28. The van der Waals surface area contributed by atoms with Crippen LogP contribution >= 0.6 is 11.3 Å². The maximum atomic E-state index is 12.2. The number of alkyl halides is 3. The first-order valence-electron chi connectivity index (χ1n) is 9.50. The number of likely N-dealkylation sites (tertiary alicyclic amines) is 1. The number of carbonyl (C=O) groups is 2. The summed E-state index contributed by atoms with van der Waals surface area (Å²) in [4.78, 5) is 25.6. The Hall–Kier alpha value is -1.99. The van der Waals surface area contributed by atoms with Crippen LogP contribution in [0.2, 0.25) is 0 Å². The van der Waals surface area contributed by atoms with Crippen LogP contribution in [0.15, 0.2) is 5.51 Å². The van der Waals surface area contributed by atoms with E-state index in [2.05, 4.69) is 20.0 Å². The number of rotatable bonds is 3. The maximum absolute atomic E-state index is 12.2. The molecular formula is C17H23F3N4O5S. The number of aromatic nitrogens is 2. The molecule has 0 amide bonds. The number of hydrogen-bond acceptors (Lipinski definition) is 8. The fraction of sp³-hybridized carbons (Fsp3) is 0.765. The van der Waals surface area contributed by atoms with Gasteiger partial charge in [-0.15, -0.1) is 10.2 Å². The molecule has 9 nitrogen and oxygen atoms in total. The number of carboxylic acids is 2. The van der Waals surface area contributed by atoms with E-state index < -0.39 is 23.5 Å². The van der Waals surface area contributed by atoms with E-state index in [0.717, 1.165) is 57.2 Å². The van der Waals surface area contributed by atoms with Crippen LogP contribution in [0.4, 0.5) is 18.3 Å². The molecule has 1 unspecified atom stereocenters. The molecule has 0 aliphatic carbocycles. The molecule has 0 saturated carbocycles. The maximum Gasteiger partial charge on any atom is 0.490 e. The zero-order chi connectivity index (χ0) is 21.9. The fourth-order valence-corrected chi connectivity index (χ4v) is 4.98. The molecule has 30 heavy (non-hydrogen) atoms. The third kappa shape index (κ3) is 4.83. The summed E-state index contributed by atoms with van der Waals surface area (Å²) in [5, 5.41) is 26.0. The van der Waals surface area contributed by atoms with Crippen LogP contribution < -0.4 is 4.90 Å². The van der Waals surface area contributed by atoms with Crippen molar-refractivity contribution in [3.05, 3.63) is 5.51 Å². The van der Waals surface area contributed by atoms with E-state index in [9.17, 15) is 23.1 Å². The summed E-state index contributed by atoms with van der Waals surface area (Å²) < 4.78 is 37.3. The van der Waals surface area contributed by atoms with Crippen LogP contribution in [0.5, 0.6) is 0 Å². The van der Waals surface area contributed by atoms with E-state index in [-0.39, 0.29) is 5.92 Å². The van der Waals surface area contributed by atoms with Crippen molar-refractivity contribution in [3.63, 3.8) is 0 Å². The molecular weight excluding hydrogens is 429 g/mol. The molecule has 2 N–H and O–H groups in total. The van der Waals surface area contributed by atoms with Gasteiger partial charge in [0.05, 0.1) is 12.0 Å². The first-order valence-corrected chi connectivity index (χ1v) is 10.4. The SMILES string of the molecule is O=C(O)C(F)(F)F.O=C(O)[C@]12CCCN(C3CCOC3)C[C@H]1CN(c1nncs1)C2. The highest BCUT2D eigenvalue weighted by molar-refractivity contribution is 7.13. The molecule has 168 valence electrons. The molecule has 3 aliphatic heterocycles. The molecule has 3 saturated heterocycles. The summed E-state index contributed by atoms with van der Waals surface area (Å²) in [6.45, 7) is 4.75. The fourth-order valence-electron chi connectivity index (χ4n) is 4.40. The van der Waals surface area contributed by atoms with Crippen LogP contribution in [-0.4, -0.2) is 88.9 Å². The normalized spacial score (nSPS) is 29.6. The first kappa shape index (κ1) is 22.7. The van der Waals surface area contributed by atoms with Gasteiger partial charge in [0, 0.05) is 38.2 Å². The molecule has 3 atom stereocenters. The molecule has 3 aliphatic rings. The highest BCUT2D eigenvalue weighted by atomic mass is 32.1. The Morgan fingerprint density at radius 3 is 2.57 bits per heavy atom. The van der Waals surface area contributed by atoms with Crippen molar-refractivity contribution in [2.24, 2.45) is 11.3 Å². The van der Waals surface area contributed by atoms with Crippen LogP contribution in [0.25, 0.3) is 0 Å². The highest BCUT2D eigenvalue weighted by Crippen LogP contribution is 2.45. The molecule has 13 heteroatoms. The smallest absolute Gasteiger partial charge is 0.481 e. The molecule has 0 spiro atoms. The van der Waals surface area contributed by atoms with Crippen LogP contribution in [0, 0.1) is 11.3 Å². The number of halogens is 3. The predicted molar refractivity (Wildman–Crippen MR) is 99.4 cm³/mol. The summed E-state index contributed by atoms with van der Waals surface area (Å²) >= 11 is 1.48. The largest absolute Gasteiger partial charge is 0.490 e. The zero-order valence-electron chi connectivity index (χ0n) is 16.0. The molecule has 0 radical (unpaired) electrons. The van der Waals surface area contributed by atoms with Crippen LogP contribution in [0.1, 0.15) is 19.3 Å². The van der Waals surface area contributed by atoms with Crippen LogP contribution in [-0.2, 0) is 14.3 Å². The average Bonchev–Trinajstić information content (AvgIpc) is 3.41. The minimum atomic E-state index is -5.08. The van der Waals surface area contributed by atoms with Gasteiger partial charge < -0.3 is 19.8 Å². The van der Waals surface area contributed by atoms with Crippen molar-refractivity contribution >= 4 is 28.4 Å². The van der Waals surface area contributed by atoms with Crippen molar-refractivity contribution in [2.45, 2.75) is 31.5 Å². The standard InChI is InChI=1S/C15H22N4O3S.C2HF3O2/c20-13(21)15-3-1-4-18(12-2-5-22-8-12)6-11(15)7-19(9-15)14-17-16-10-23-14;3-2(4,5)1(6)7/h10-12H,1-9H2,(H,20,21);(H,6,7)/t11-,12?,15-;/m0./s1. The van der Waals surface area contributed by atoms with E-state index in [0.29, 0.717) is 12.6 Å². The molecule has 1 aromatic heterocycles. The van der Waals surface area contributed by atoms with Crippen LogP contribution in [0.3, 0.4) is 0 Å². The number of anilines is 1. The van der Waals surface area contributed by atoms with Crippen molar-refractivity contribution in [1.29, 1.82) is 0 Å². The van der Waals surface area contributed by atoms with Crippen molar-refractivity contribution in [3.8, 4) is 0 Å². The van der Waals surface area contributed by atoms with E-state index in [1.807, 2.05) is 0 Å². The van der Waals surface area contributed by atoms with Crippen molar-refractivity contribution < 1.29 is 37.7 Å². The molecule has 0 bridgehead atoms. The predicted octanol–water partition coefficient (Wildman–Crippen LogP) is 1.56. The third-order valence-corrected chi connectivity index (χ3v) is 6.68. The van der Waals surface area contributed by atoms with Gasteiger partial charge in [-0.25, -0.2) is 4.79 Å². The molecule has 3 fully saturated rings. The van der Waals surface area contributed by atoms with Gasteiger partial charge in [0.15, 0.2) is 0 Å². The monoisotopic (exact) mass is 452 g/mol. The lowest BCUT2D eigenvalue weighted by Gasteiger charge is -2.31. The second-order valence-corrected chi connectivity index (χ2v) is 8.49. The lowest BCUT2D eigenvalue weighted by atomic mass is 9.75. The lowest BCUT2D eigenvalue weighted by molar-refractivity contribution is -0.192. The lowest BCUT2D eigenvalue weighted by Crippen LogP contribution is -2.44. The summed E-state index contributed by atoms with van der Waals surface area (Å²) in [6, 6.07) is 0.454. The van der Waals surface area contributed by atoms with Gasteiger partial charge in [-0.2, -0.15) is 13.2 Å². The van der Waals surface area contributed by atoms with Gasteiger partial charge in [-0.1, -0.05) is 11.3 Å². The number of nitrogens with zero attached hydrogens (tertiary/aromatic N) is 4. The zero-order valence-corrected chi connectivity index (χ0v) is 16.9. The number of hydrogen-bond donors (Lipinski definition) is 2. The highest BCUT2D eigenvalue weighted by Gasteiger charge is 2.54. The number of carboxylic acid groups (broad SMARTS) is 2. The van der Waals surface area contributed by atoms with E-state index >= 15 is 0 Å². The Morgan fingerprint density at radius 2 is 2.03 bits per heavy atom. The second-order valence-electron chi connectivity index (χ2n) is 7.68. The molecule has 4 heterocycles. The number of fused-ring (bicyclic) bond motifs is 1. The molecule has 1 aromatic rings. The third-order valence-electron chi connectivity index (χ3n) is 5.93. The first-order chi connectivity index (χ1) is 14.1. The van der Waals surface area contributed by atoms with Crippen molar-refractivity contribution in [1.82, 2.24) is 15.1 Å². The van der Waals surface area contributed by atoms with Gasteiger partial charge in [0.25, 0.3) is 0 Å². The summed E-state index contributed by atoms with van der Waals surface area (Å²) in [6.07, 6.45) is -2.34. The van der Waals surface area contributed by atoms with Gasteiger partial charge in [-0.05, 0) is 25.8 Å². The molecule has 0 aromatic carbocycles. The second kappa shape index (κ2) is 9.02. The minimum Gasteiger partial charge on any atom is -0.481 e. The quantitative estimate of drug-likeness (QED) is 0.705. The molecule has 4 rings (SSSR count). The Morgan fingerprint density at radius 1 is 1.30 bits per heavy atom. The van der Waals surface area contributed by atoms with Gasteiger partial charge in [0.2, 0.25) is 5.13 Å². The summed E-state index contributed by atoms with van der Waals surface area (Å²) in [7, 11) is 0. The Labute approximate surface area is 174 Å².